The summed E-state index contributed by atoms with van der Waals surface area (Å²) in [6, 6.07) is 5.08. The van der Waals surface area contributed by atoms with E-state index in [0.717, 1.165) is 13.0 Å². The Kier molecular flexibility index (Phi) is 6.13. The molecule has 0 saturated heterocycles. The summed E-state index contributed by atoms with van der Waals surface area (Å²) in [5, 5.41) is 0. The van der Waals surface area contributed by atoms with Crippen LogP contribution >= 0.6 is 27.3 Å². The van der Waals surface area contributed by atoms with E-state index in [1.54, 1.807) is 0 Å². The second-order valence-corrected chi connectivity index (χ2v) is 7.49. The number of rotatable bonds is 6. The number of hydrogen-bond acceptors (Lipinski definition) is 3. The molecule has 1 heterocycles. The van der Waals surface area contributed by atoms with Crippen LogP contribution in [-0.2, 0) is 0 Å². The van der Waals surface area contributed by atoms with Gasteiger partial charge in [0.25, 0.3) is 0 Å². The summed E-state index contributed by atoms with van der Waals surface area (Å²) < 4.78 is 1.20. The van der Waals surface area contributed by atoms with E-state index in [2.05, 4.69) is 60.8 Å². The van der Waals surface area contributed by atoms with E-state index in [9.17, 15) is 0 Å². The Labute approximate surface area is 117 Å². The van der Waals surface area contributed by atoms with Crippen molar-refractivity contribution in [2.45, 2.75) is 39.3 Å². The van der Waals surface area contributed by atoms with Gasteiger partial charge in [-0.2, -0.15) is 0 Å². The summed E-state index contributed by atoms with van der Waals surface area (Å²) in [5.41, 5.74) is 6.08. The molecule has 2 atom stereocenters. The Morgan fingerprint density at radius 1 is 1.35 bits per heavy atom. The summed E-state index contributed by atoms with van der Waals surface area (Å²) in [5.74, 6) is 0.564. The average Bonchev–Trinajstić information content (AvgIpc) is 2.70. The minimum absolute atomic E-state index is 0.305. The minimum atomic E-state index is 0.305. The van der Waals surface area contributed by atoms with Gasteiger partial charge >= 0.3 is 0 Å². The van der Waals surface area contributed by atoms with Gasteiger partial charge in [0.05, 0.1) is 3.79 Å². The maximum Gasteiger partial charge on any atom is 0.0701 e. The number of nitrogens with two attached hydrogens (primary N) is 1. The Hall–Kier alpha value is 0.1000. The highest BCUT2D eigenvalue weighted by atomic mass is 79.9. The van der Waals surface area contributed by atoms with Crippen LogP contribution in [-0.4, -0.2) is 24.5 Å². The van der Waals surface area contributed by atoms with Gasteiger partial charge in [-0.05, 0) is 60.9 Å². The molecule has 2 N–H and O–H groups in total. The smallest absolute Gasteiger partial charge is 0.0701 e. The first kappa shape index (κ1) is 15.2. The van der Waals surface area contributed by atoms with Gasteiger partial charge < -0.3 is 5.73 Å². The molecule has 0 spiro atoms. The van der Waals surface area contributed by atoms with Gasteiger partial charge in [-0.25, -0.2) is 0 Å². The molecule has 0 amide bonds. The van der Waals surface area contributed by atoms with Crippen LogP contribution < -0.4 is 5.73 Å². The molecular weight excluding hydrogens is 296 g/mol. The van der Waals surface area contributed by atoms with E-state index >= 15 is 0 Å². The van der Waals surface area contributed by atoms with E-state index in [4.69, 9.17) is 5.73 Å². The van der Waals surface area contributed by atoms with E-state index in [1.807, 2.05) is 11.3 Å². The molecule has 4 heteroatoms. The molecule has 0 fully saturated rings. The maximum atomic E-state index is 6.08. The fourth-order valence-electron chi connectivity index (χ4n) is 1.65. The molecule has 2 unspecified atom stereocenters. The van der Waals surface area contributed by atoms with Crippen LogP contribution in [0.15, 0.2) is 15.9 Å². The van der Waals surface area contributed by atoms with Crippen molar-refractivity contribution in [3.05, 3.63) is 20.8 Å². The van der Waals surface area contributed by atoms with Crippen LogP contribution in [0.2, 0.25) is 0 Å². The molecule has 2 nitrogen and oxygen atoms in total. The fraction of sp³-hybridized carbons (Fsp3) is 0.692. The molecular formula is C13H23BrN2S. The fourth-order valence-corrected chi connectivity index (χ4v) is 3.19. The van der Waals surface area contributed by atoms with Gasteiger partial charge in [-0.3, -0.25) is 4.90 Å². The second kappa shape index (κ2) is 6.88. The predicted octanol–water partition coefficient (Wildman–Crippen LogP) is 3.88. The Morgan fingerprint density at radius 2 is 2.00 bits per heavy atom. The summed E-state index contributed by atoms with van der Waals surface area (Å²) in [6.45, 7) is 7.67. The zero-order valence-electron chi connectivity index (χ0n) is 11.1. The van der Waals surface area contributed by atoms with E-state index in [-0.39, 0.29) is 0 Å². The van der Waals surface area contributed by atoms with Crippen LogP contribution in [0.25, 0.3) is 0 Å². The molecule has 0 aliphatic heterocycles. The standard InChI is InChI=1S/C13H23BrN2S/c1-9(2)11(15)7-8-16(4)10(3)12-5-6-13(14)17-12/h5-6,9-11H,7-8,15H2,1-4H3. The number of halogens is 1. The molecule has 0 aliphatic carbocycles. The van der Waals surface area contributed by atoms with Gasteiger partial charge in [-0.1, -0.05) is 13.8 Å². The Bertz CT molecular complexity index is 338. The van der Waals surface area contributed by atoms with Crippen molar-refractivity contribution in [3.63, 3.8) is 0 Å². The van der Waals surface area contributed by atoms with Gasteiger partial charge in [-0.15, -0.1) is 11.3 Å². The number of nitrogens with zero attached hydrogens (tertiary/aromatic N) is 1. The average molecular weight is 319 g/mol. The minimum Gasteiger partial charge on any atom is -0.327 e. The highest BCUT2D eigenvalue weighted by molar-refractivity contribution is 9.11. The summed E-state index contributed by atoms with van der Waals surface area (Å²) >= 11 is 5.32. The lowest BCUT2D eigenvalue weighted by atomic mass is 10.0. The van der Waals surface area contributed by atoms with Crippen molar-refractivity contribution in [3.8, 4) is 0 Å². The zero-order chi connectivity index (χ0) is 13.0. The third kappa shape index (κ3) is 4.70. The molecule has 98 valence electrons. The van der Waals surface area contributed by atoms with Crippen LogP contribution in [0, 0.1) is 5.92 Å². The molecule has 0 saturated carbocycles. The molecule has 0 aromatic carbocycles. The van der Waals surface area contributed by atoms with Crippen molar-refractivity contribution >= 4 is 27.3 Å². The highest BCUT2D eigenvalue weighted by Crippen LogP contribution is 2.29. The van der Waals surface area contributed by atoms with E-state index < -0.39 is 0 Å². The van der Waals surface area contributed by atoms with Crippen molar-refractivity contribution in [2.75, 3.05) is 13.6 Å². The van der Waals surface area contributed by atoms with Crippen molar-refractivity contribution in [1.29, 1.82) is 0 Å². The molecule has 1 aromatic heterocycles. The third-order valence-corrected chi connectivity index (χ3v) is 5.13. The van der Waals surface area contributed by atoms with Crippen molar-refractivity contribution < 1.29 is 0 Å². The highest BCUT2D eigenvalue weighted by Gasteiger charge is 2.15. The first-order valence-electron chi connectivity index (χ1n) is 6.13. The molecule has 0 aliphatic rings. The van der Waals surface area contributed by atoms with Crippen LogP contribution in [0.1, 0.15) is 38.1 Å². The topological polar surface area (TPSA) is 29.3 Å². The van der Waals surface area contributed by atoms with E-state index in [1.165, 1.54) is 8.66 Å². The lowest BCUT2D eigenvalue weighted by Gasteiger charge is -2.26. The third-order valence-electron chi connectivity index (χ3n) is 3.34. The lowest BCUT2D eigenvalue weighted by Crippen LogP contribution is -2.32. The van der Waals surface area contributed by atoms with Crippen LogP contribution in [0.4, 0.5) is 0 Å². The Balaban J connectivity index is 2.45. The van der Waals surface area contributed by atoms with Crippen molar-refractivity contribution in [2.24, 2.45) is 11.7 Å². The second-order valence-electron chi connectivity index (χ2n) is 5.00. The first-order valence-corrected chi connectivity index (χ1v) is 7.73. The Morgan fingerprint density at radius 3 is 2.47 bits per heavy atom. The van der Waals surface area contributed by atoms with Crippen LogP contribution in [0.5, 0.6) is 0 Å². The predicted molar refractivity (Wildman–Crippen MR) is 80.5 cm³/mol. The first-order chi connectivity index (χ1) is 7.91. The maximum absolute atomic E-state index is 6.08. The van der Waals surface area contributed by atoms with Gasteiger partial charge in [0.15, 0.2) is 0 Å². The molecule has 0 bridgehead atoms. The molecule has 1 rings (SSSR count). The molecule has 0 radical (unpaired) electrons. The number of hydrogen-bond donors (Lipinski definition) is 1. The number of thiophene rings is 1. The zero-order valence-corrected chi connectivity index (χ0v) is 13.5. The lowest BCUT2D eigenvalue weighted by molar-refractivity contribution is 0.246. The van der Waals surface area contributed by atoms with Gasteiger partial charge in [0.1, 0.15) is 0 Å². The van der Waals surface area contributed by atoms with E-state index in [0.29, 0.717) is 18.0 Å². The van der Waals surface area contributed by atoms with Gasteiger partial charge in [0, 0.05) is 17.0 Å². The molecule has 1 aromatic rings. The largest absolute Gasteiger partial charge is 0.327 e. The summed E-state index contributed by atoms with van der Waals surface area (Å²) in [6.07, 6.45) is 1.06. The summed E-state index contributed by atoms with van der Waals surface area (Å²) in [7, 11) is 2.17. The van der Waals surface area contributed by atoms with Crippen LogP contribution in [0.3, 0.4) is 0 Å². The molecule has 17 heavy (non-hydrogen) atoms. The van der Waals surface area contributed by atoms with Crippen molar-refractivity contribution in [1.82, 2.24) is 4.90 Å². The quantitative estimate of drug-likeness (QED) is 0.862. The normalized spacial score (nSPS) is 15.5. The SMILES string of the molecule is CC(C)C(N)CCN(C)C(C)c1ccc(Br)s1. The summed E-state index contributed by atoms with van der Waals surface area (Å²) in [4.78, 5) is 3.78. The monoisotopic (exact) mass is 318 g/mol. The van der Waals surface area contributed by atoms with Gasteiger partial charge in [0.2, 0.25) is 0 Å².